The maximum absolute atomic E-state index is 12.4. The second kappa shape index (κ2) is 4.82. The van der Waals surface area contributed by atoms with E-state index in [1.165, 1.54) is 6.42 Å². The Morgan fingerprint density at radius 3 is 2.80 bits per heavy atom. The van der Waals surface area contributed by atoms with Gasteiger partial charge in [-0.25, -0.2) is 18.1 Å². The highest BCUT2D eigenvalue weighted by atomic mass is 32.2. The van der Waals surface area contributed by atoms with Crippen LogP contribution in [0.3, 0.4) is 0 Å². The van der Waals surface area contributed by atoms with E-state index in [-0.39, 0.29) is 16.6 Å². The van der Waals surface area contributed by atoms with Gasteiger partial charge in [0, 0.05) is 24.8 Å². The van der Waals surface area contributed by atoms with Crippen molar-refractivity contribution in [2.75, 3.05) is 6.54 Å². The topological polar surface area (TPSA) is 76.0 Å². The molecule has 1 atom stereocenters. The number of aromatic nitrogens is 2. The summed E-state index contributed by atoms with van der Waals surface area (Å²) < 4.78 is 29.3. The van der Waals surface area contributed by atoms with Crippen molar-refractivity contribution in [3.8, 4) is 0 Å². The molecule has 2 fully saturated rings. The van der Waals surface area contributed by atoms with Crippen LogP contribution in [0.5, 0.6) is 0 Å². The first-order valence-corrected chi connectivity index (χ1v) is 8.66. The van der Waals surface area contributed by atoms with Crippen molar-refractivity contribution in [2.24, 2.45) is 7.05 Å². The SMILES string of the molecule is Cc1nc(S(=O)(=O)NC2CCNC3(CCC3)C2)cn1C. The van der Waals surface area contributed by atoms with Gasteiger partial charge < -0.3 is 9.88 Å². The Kier molecular flexibility index (Phi) is 3.38. The van der Waals surface area contributed by atoms with E-state index in [1.54, 1.807) is 24.7 Å². The van der Waals surface area contributed by atoms with E-state index in [1.807, 2.05) is 0 Å². The standard InChI is InChI=1S/C13H22N4O2S/c1-10-15-12(9-17(10)2)20(18,19)16-11-4-7-14-13(8-11)5-3-6-13/h9,11,14,16H,3-8H2,1-2H3. The summed E-state index contributed by atoms with van der Waals surface area (Å²) in [5.74, 6) is 0.700. The molecule has 20 heavy (non-hydrogen) atoms. The molecule has 7 heteroatoms. The van der Waals surface area contributed by atoms with Crippen molar-refractivity contribution in [1.82, 2.24) is 19.6 Å². The molecule has 1 saturated heterocycles. The lowest BCUT2D eigenvalue weighted by Crippen LogP contribution is -2.59. The van der Waals surface area contributed by atoms with Crippen molar-refractivity contribution in [1.29, 1.82) is 0 Å². The zero-order chi connectivity index (χ0) is 14.4. The molecule has 1 unspecified atom stereocenters. The fourth-order valence-corrected chi connectivity index (χ4v) is 4.49. The highest BCUT2D eigenvalue weighted by Crippen LogP contribution is 2.38. The van der Waals surface area contributed by atoms with Crippen LogP contribution in [0.15, 0.2) is 11.2 Å². The van der Waals surface area contributed by atoms with Crippen LogP contribution in [0.4, 0.5) is 0 Å². The zero-order valence-corrected chi connectivity index (χ0v) is 12.8. The molecule has 6 nitrogen and oxygen atoms in total. The van der Waals surface area contributed by atoms with Gasteiger partial charge in [-0.3, -0.25) is 0 Å². The molecule has 2 heterocycles. The summed E-state index contributed by atoms with van der Waals surface area (Å²) in [5.41, 5.74) is 0.186. The Morgan fingerprint density at radius 1 is 1.50 bits per heavy atom. The summed E-state index contributed by atoms with van der Waals surface area (Å²) in [6, 6.07) is 0.0175. The molecule has 0 radical (unpaired) electrons. The Balaban J connectivity index is 1.73. The third-order valence-electron chi connectivity index (χ3n) is 4.62. The van der Waals surface area contributed by atoms with E-state index in [2.05, 4.69) is 15.0 Å². The molecule has 0 amide bonds. The van der Waals surface area contributed by atoms with Crippen LogP contribution in [0, 0.1) is 6.92 Å². The summed E-state index contributed by atoms with van der Waals surface area (Å²) >= 11 is 0. The fourth-order valence-electron chi connectivity index (χ4n) is 3.18. The molecule has 1 aliphatic heterocycles. The molecular weight excluding hydrogens is 276 g/mol. The van der Waals surface area contributed by atoms with Gasteiger partial charge in [0.15, 0.2) is 5.03 Å². The van der Waals surface area contributed by atoms with Gasteiger partial charge in [-0.2, -0.15) is 0 Å². The quantitative estimate of drug-likeness (QED) is 0.860. The summed E-state index contributed by atoms with van der Waals surface area (Å²) in [6.45, 7) is 2.68. The number of hydrogen-bond donors (Lipinski definition) is 2. The van der Waals surface area contributed by atoms with Crippen molar-refractivity contribution in [3.63, 3.8) is 0 Å². The molecule has 0 aromatic carbocycles. The third kappa shape index (κ3) is 2.49. The molecule has 1 saturated carbocycles. The van der Waals surface area contributed by atoms with E-state index >= 15 is 0 Å². The van der Waals surface area contributed by atoms with Gasteiger partial charge in [-0.1, -0.05) is 0 Å². The summed E-state index contributed by atoms with van der Waals surface area (Å²) in [5, 5.41) is 3.67. The van der Waals surface area contributed by atoms with Gasteiger partial charge in [-0.15, -0.1) is 0 Å². The van der Waals surface area contributed by atoms with Crippen molar-refractivity contribution >= 4 is 10.0 Å². The second-order valence-electron chi connectivity index (χ2n) is 6.11. The lowest BCUT2D eigenvalue weighted by Gasteiger charge is -2.48. The number of aryl methyl sites for hydroxylation is 2. The predicted molar refractivity (Wildman–Crippen MR) is 75.9 cm³/mol. The summed E-state index contributed by atoms with van der Waals surface area (Å²) in [6.07, 6.45) is 6.86. The second-order valence-corrected chi connectivity index (χ2v) is 7.77. The summed E-state index contributed by atoms with van der Waals surface area (Å²) in [4.78, 5) is 4.11. The van der Waals surface area contributed by atoms with Gasteiger partial charge in [-0.05, 0) is 45.6 Å². The van der Waals surface area contributed by atoms with Crippen LogP contribution in [-0.2, 0) is 17.1 Å². The minimum atomic E-state index is -3.51. The highest BCUT2D eigenvalue weighted by Gasteiger charge is 2.41. The molecule has 112 valence electrons. The van der Waals surface area contributed by atoms with Crippen LogP contribution in [0.25, 0.3) is 0 Å². The first kappa shape index (κ1) is 14.0. The first-order chi connectivity index (χ1) is 9.40. The minimum Gasteiger partial charge on any atom is -0.337 e. The van der Waals surface area contributed by atoms with Gasteiger partial charge >= 0.3 is 0 Å². The van der Waals surface area contributed by atoms with Crippen molar-refractivity contribution in [3.05, 3.63) is 12.0 Å². The van der Waals surface area contributed by atoms with Crippen LogP contribution in [0.2, 0.25) is 0 Å². The molecule has 1 aliphatic carbocycles. The van der Waals surface area contributed by atoms with Crippen LogP contribution in [-0.4, -0.2) is 36.1 Å². The Hall–Kier alpha value is -0.920. The third-order valence-corrected chi connectivity index (χ3v) is 6.02. The smallest absolute Gasteiger partial charge is 0.259 e. The average molecular weight is 298 g/mol. The maximum atomic E-state index is 12.4. The molecule has 3 rings (SSSR count). The number of nitrogens with one attached hydrogen (secondary N) is 2. The Morgan fingerprint density at radius 2 is 2.25 bits per heavy atom. The van der Waals surface area contributed by atoms with Gasteiger partial charge in [0.05, 0.1) is 0 Å². The van der Waals surface area contributed by atoms with Crippen molar-refractivity contribution < 1.29 is 8.42 Å². The summed E-state index contributed by atoms with van der Waals surface area (Å²) in [7, 11) is -1.70. The van der Waals surface area contributed by atoms with E-state index in [0.29, 0.717) is 5.82 Å². The molecule has 1 aromatic rings. The number of hydrogen-bond acceptors (Lipinski definition) is 4. The molecule has 2 N–H and O–H groups in total. The largest absolute Gasteiger partial charge is 0.337 e. The van der Waals surface area contributed by atoms with Crippen molar-refractivity contribution in [2.45, 2.75) is 55.6 Å². The van der Waals surface area contributed by atoms with Crippen LogP contribution >= 0.6 is 0 Å². The molecule has 1 spiro atoms. The lowest BCUT2D eigenvalue weighted by atomic mass is 9.70. The molecule has 0 bridgehead atoms. The van der Waals surface area contributed by atoms with E-state index in [4.69, 9.17) is 0 Å². The molecular formula is C13H22N4O2S. The van der Waals surface area contributed by atoms with Gasteiger partial charge in [0.1, 0.15) is 5.82 Å². The van der Waals surface area contributed by atoms with Crippen LogP contribution < -0.4 is 10.0 Å². The van der Waals surface area contributed by atoms with E-state index in [9.17, 15) is 8.42 Å². The van der Waals surface area contributed by atoms with E-state index < -0.39 is 10.0 Å². The average Bonchev–Trinajstić information content (AvgIpc) is 2.68. The Bertz CT molecular complexity index is 584. The predicted octanol–water partition coefficient (Wildman–Crippen LogP) is 0.682. The highest BCUT2D eigenvalue weighted by molar-refractivity contribution is 7.89. The van der Waals surface area contributed by atoms with E-state index in [0.717, 1.165) is 32.2 Å². The number of sulfonamides is 1. The Labute approximate surface area is 120 Å². The monoisotopic (exact) mass is 298 g/mol. The number of nitrogens with zero attached hydrogens (tertiary/aromatic N) is 2. The van der Waals surface area contributed by atoms with Gasteiger partial charge in [0.2, 0.25) is 0 Å². The minimum absolute atomic E-state index is 0.0175. The van der Waals surface area contributed by atoms with Gasteiger partial charge in [0.25, 0.3) is 10.0 Å². The molecule has 2 aliphatic rings. The normalized spacial score (nSPS) is 25.6. The number of imidazole rings is 1. The number of rotatable bonds is 3. The molecule has 1 aromatic heterocycles. The first-order valence-electron chi connectivity index (χ1n) is 7.18. The maximum Gasteiger partial charge on any atom is 0.259 e. The van der Waals surface area contributed by atoms with Crippen LogP contribution in [0.1, 0.15) is 37.9 Å². The number of piperidine rings is 1. The zero-order valence-electron chi connectivity index (χ0n) is 12.0. The fraction of sp³-hybridized carbons (Fsp3) is 0.769. The lowest BCUT2D eigenvalue weighted by molar-refractivity contribution is 0.126.